The topological polar surface area (TPSA) is 12.0 Å². The number of para-hydroxylation sites is 1. The summed E-state index contributed by atoms with van der Waals surface area (Å²) in [6.45, 7) is 0. The molecule has 0 atom stereocenters. The second-order valence-electron chi connectivity index (χ2n) is 4.55. The highest BCUT2D eigenvalue weighted by atomic mass is 19.1. The molecular weight excluding hydrogens is 213 g/mol. The summed E-state index contributed by atoms with van der Waals surface area (Å²) < 4.78 is 13.6. The Bertz CT molecular complexity index is 517. The molecule has 2 heteroatoms. The van der Waals surface area contributed by atoms with Gasteiger partial charge in [-0.1, -0.05) is 42.5 Å². The Morgan fingerprint density at radius 1 is 0.882 bits per heavy atom. The Balaban J connectivity index is 1.89. The van der Waals surface area contributed by atoms with Crippen molar-refractivity contribution in [3.8, 4) is 0 Å². The summed E-state index contributed by atoms with van der Waals surface area (Å²) in [5.74, 6) is -0.185. The highest BCUT2D eigenvalue weighted by Crippen LogP contribution is 2.48. The van der Waals surface area contributed by atoms with Crippen molar-refractivity contribution in [2.45, 2.75) is 18.4 Å². The highest BCUT2D eigenvalue weighted by molar-refractivity contribution is 5.51. The molecule has 0 radical (unpaired) electrons. The first-order chi connectivity index (χ1) is 8.30. The van der Waals surface area contributed by atoms with Crippen LogP contribution < -0.4 is 5.32 Å². The van der Waals surface area contributed by atoms with Crippen LogP contribution in [0, 0.1) is 5.82 Å². The van der Waals surface area contributed by atoms with Crippen LogP contribution in [0.4, 0.5) is 10.1 Å². The van der Waals surface area contributed by atoms with E-state index in [4.69, 9.17) is 0 Å². The molecule has 1 N–H and O–H groups in total. The zero-order chi connectivity index (χ0) is 11.7. The van der Waals surface area contributed by atoms with E-state index in [9.17, 15) is 4.39 Å². The van der Waals surface area contributed by atoms with Crippen molar-refractivity contribution in [3.05, 3.63) is 66.0 Å². The van der Waals surface area contributed by atoms with E-state index in [-0.39, 0.29) is 11.4 Å². The molecule has 2 aromatic carbocycles. The molecule has 0 heterocycles. The molecule has 2 aromatic rings. The average Bonchev–Trinajstić information content (AvgIpc) is 3.15. The first-order valence-electron chi connectivity index (χ1n) is 5.88. The van der Waals surface area contributed by atoms with Crippen LogP contribution in [0.3, 0.4) is 0 Å². The minimum absolute atomic E-state index is 0.0521. The van der Waals surface area contributed by atoms with Gasteiger partial charge >= 0.3 is 0 Å². The fourth-order valence-corrected chi connectivity index (χ4v) is 2.19. The van der Waals surface area contributed by atoms with E-state index in [1.807, 2.05) is 24.3 Å². The maximum atomic E-state index is 13.6. The van der Waals surface area contributed by atoms with E-state index < -0.39 is 0 Å². The normalized spacial score (nSPS) is 16.5. The van der Waals surface area contributed by atoms with Gasteiger partial charge in [0.1, 0.15) is 5.82 Å². The van der Waals surface area contributed by atoms with Crippen LogP contribution in [0.15, 0.2) is 54.6 Å². The van der Waals surface area contributed by atoms with Crippen molar-refractivity contribution < 1.29 is 4.39 Å². The number of nitrogens with one attached hydrogen (secondary N) is 1. The van der Waals surface area contributed by atoms with Gasteiger partial charge in [0.05, 0.1) is 11.2 Å². The molecule has 0 amide bonds. The zero-order valence-corrected chi connectivity index (χ0v) is 9.49. The van der Waals surface area contributed by atoms with Crippen molar-refractivity contribution >= 4 is 5.69 Å². The third kappa shape index (κ3) is 1.91. The molecule has 0 saturated heterocycles. The third-order valence-corrected chi connectivity index (χ3v) is 3.32. The number of benzene rings is 2. The number of hydrogen-bond acceptors (Lipinski definition) is 1. The molecule has 1 aliphatic rings. The Hall–Kier alpha value is -1.83. The van der Waals surface area contributed by atoms with E-state index in [0.29, 0.717) is 5.69 Å². The summed E-state index contributed by atoms with van der Waals surface area (Å²) in [5.41, 5.74) is 1.78. The van der Waals surface area contributed by atoms with Crippen LogP contribution in [0.2, 0.25) is 0 Å². The smallest absolute Gasteiger partial charge is 0.146 e. The number of hydrogen-bond donors (Lipinski definition) is 1. The van der Waals surface area contributed by atoms with Crippen LogP contribution in [-0.4, -0.2) is 0 Å². The Morgan fingerprint density at radius 3 is 2.18 bits per heavy atom. The van der Waals surface area contributed by atoms with Crippen molar-refractivity contribution in [3.63, 3.8) is 0 Å². The Kier molecular flexibility index (Phi) is 2.36. The third-order valence-electron chi connectivity index (χ3n) is 3.32. The standard InChI is InChI=1S/C15H14FN/c16-13-8-4-5-9-14(13)17-15(10-11-15)12-6-2-1-3-7-12/h1-9,17H,10-11H2. The van der Waals surface area contributed by atoms with Gasteiger partial charge in [0, 0.05) is 0 Å². The number of halogens is 1. The van der Waals surface area contributed by atoms with Crippen LogP contribution in [0.1, 0.15) is 18.4 Å². The molecule has 0 aliphatic heterocycles. The van der Waals surface area contributed by atoms with Crippen molar-refractivity contribution in [2.24, 2.45) is 0 Å². The van der Waals surface area contributed by atoms with E-state index >= 15 is 0 Å². The highest BCUT2D eigenvalue weighted by Gasteiger charge is 2.44. The van der Waals surface area contributed by atoms with E-state index in [2.05, 4.69) is 17.4 Å². The summed E-state index contributed by atoms with van der Waals surface area (Å²) in [5, 5.41) is 3.34. The second-order valence-corrected chi connectivity index (χ2v) is 4.55. The first-order valence-corrected chi connectivity index (χ1v) is 5.88. The lowest BCUT2D eigenvalue weighted by Gasteiger charge is -2.19. The van der Waals surface area contributed by atoms with E-state index in [1.54, 1.807) is 12.1 Å². The molecule has 1 saturated carbocycles. The van der Waals surface area contributed by atoms with Crippen LogP contribution in [0.25, 0.3) is 0 Å². The molecule has 1 aliphatic carbocycles. The molecule has 1 fully saturated rings. The predicted octanol–water partition coefficient (Wildman–Crippen LogP) is 3.93. The van der Waals surface area contributed by atoms with Crippen molar-refractivity contribution in [2.75, 3.05) is 5.32 Å². The summed E-state index contributed by atoms with van der Waals surface area (Å²) >= 11 is 0. The van der Waals surface area contributed by atoms with Gasteiger partial charge in [0.2, 0.25) is 0 Å². The molecule has 0 bridgehead atoms. The molecule has 86 valence electrons. The second kappa shape index (κ2) is 3.88. The average molecular weight is 227 g/mol. The lowest BCUT2D eigenvalue weighted by atomic mass is 10.0. The number of anilines is 1. The molecule has 0 spiro atoms. The minimum atomic E-state index is -0.185. The summed E-state index contributed by atoms with van der Waals surface area (Å²) in [6.07, 6.45) is 2.12. The minimum Gasteiger partial charge on any atom is -0.373 e. The summed E-state index contributed by atoms with van der Waals surface area (Å²) in [7, 11) is 0. The number of rotatable bonds is 3. The van der Waals surface area contributed by atoms with Gasteiger partial charge in [0.25, 0.3) is 0 Å². The van der Waals surface area contributed by atoms with Gasteiger partial charge in [-0.2, -0.15) is 0 Å². The largest absolute Gasteiger partial charge is 0.373 e. The monoisotopic (exact) mass is 227 g/mol. The molecule has 3 rings (SSSR count). The van der Waals surface area contributed by atoms with Gasteiger partial charge < -0.3 is 5.32 Å². The van der Waals surface area contributed by atoms with Crippen LogP contribution in [0.5, 0.6) is 0 Å². The van der Waals surface area contributed by atoms with Gasteiger partial charge in [0.15, 0.2) is 0 Å². The SMILES string of the molecule is Fc1ccccc1NC1(c2ccccc2)CC1. The Morgan fingerprint density at radius 2 is 1.53 bits per heavy atom. The van der Waals surface area contributed by atoms with Crippen LogP contribution >= 0.6 is 0 Å². The van der Waals surface area contributed by atoms with Crippen LogP contribution in [-0.2, 0) is 5.54 Å². The van der Waals surface area contributed by atoms with E-state index in [0.717, 1.165) is 12.8 Å². The molecule has 17 heavy (non-hydrogen) atoms. The van der Waals surface area contributed by atoms with Gasteiger partial charge in [-0.3, -0.25) is 0 Å². The zero-order valence-electron chi connectivity index (χ0n) is 9.49. The maximum absolute atomic E-state index is 13.6. The first kappa shape index (κ1) is 10.3. The summed E-state index contributed by atoms with van der Waals surface area (Å²) in [6, 6.07) is 17.1. The summed E-state index contributed by atoms with van der Waals surface area (Å²) in [4.78, 5) is 0. The lowest BCUT2D eigenvalue weighted by molar-refractivity contribution is 0.625. The fourth-order valence-electron chi connectivity index (χ4n) is 2.19. The van der Waals surface area contributed by atoms with Crippen molar-refractivity contribution in [1.29, 1.82) is 0 Å². The Labute approximate surface area is 100 Å². The quantitative estimate of drug-likeness (QED) is 0.837. The fraction of sp³-hybridized carbons (Fsp3) is 0.200. The predicted molar refractivity (Wildman–Crippen MR) is 67.4 cm³/mol. The van der Waals surface area contributed by atoms with Gasteiger partial charge in [-0.05, 0) is 30.5 Å². The van der Waals surface area contributed by atoms with Crippen molar-refractivity contribution in [1.82, 2.24) is 0 Å². The lowest BCUT2D eigenvalue weighted by Crippen LogP contribution is -2.19. The van der Waals surface area contributed by atoms with E-state index in [1.165, 1.54) is 11.6 Å². The molecule has 0 aromatic heterocycles. The maximum Gasteiger partial charge on any atom is 0.146 e. The van der Waals surface area contributed by atoms with Gasteiger partial charge in [-0.15, -0.1) is 0 Å². The molecule has 0 unspecified atom stereocenters. The molecular formula is C15H14FN. The van der Waals surface area contributed by atoms with Gasteiger partial charge in [-0.25, -0.2) is 4.39 Å². The molecule has 1 nitrogen and oxygen atoms in total.